The molecule has 0 bridgehead atoms. The highest BCUT2D eigenvalue weighted by atomic mass is 16.8. The third kappa shape index (κ3) is 15.8. The smallest absolute Gasteiger partial charge is 0.217 e. The van der Waals surface area contributed by atoms with Crippen LogP contribution in [0, 0.1) is 0 Å². The molecule has 8 heterocycles. The minimum Gasteiger partial charge on any atom is -0.394 e. The van der Waals surface area contributed by atoms with Crippen LogP contribution in [-0.2, 0) is 80.6 Å². The summed E-state index contributed by atoms with van der Waals surface area (Å²) in [6.07, 6.45) is -70.8. The van der Waals surface area contributed by atoms with Gasteiger partial charge in [0.2, 0.25) is 11.8 Å². The fourth-order valence-corrected chi connectivity index (χ4v) is 12.0. The zero-order valence-electron chi connectivity index (χ0n) is 49.8. The van der Waals surface area contributed by atoms with Gasteiger partial charge in [0.05, 0.1) is 50.8 Å². The van der Waals surface area contributed by atoms with Crippen LogP contribution in [-0.4, -0.2) is 386 Å². The highest BCUT2D eigenvalue weighted by Crippen LogP contribution is 2.39. The lowest BCUT2D eigenvalue weighted by Gasteiger charge is -2.51. The maximum Gasteiger partial charge on any atom is 0.217 e. The summed E-state index contributed by atoms with van der Waals surface area (Å²) >= 11 is 0. The van der Waals surface area contributed by atoms with E-state index in [2.05, 4.69) is 10.6 Å². The predicted octanol–water partition coefficient (Wildman–Crippen LogP) is -14.1. The molecule has 8 aliphatic rings. The average Bonchev–Trinajstić information content (AvgIpc) is 0.827. The van der Waals surface area contributed by atoms with Crippen molar-refractivity contribution in [2.24, 2.45) is 0 Å². The third-order valence-electron chi connectivity index (χ3n) is 17.3. The number of hydrogen-bond acceptors (Lipinski definition) is 37. The van der Waals surface area contributed by atoms with Crippen molar-refractivity contribution in [3.05, 3.63) is 0 Å². The maximum atomic E-state index is 13.0. The molecule has 0 aliphatic carbocycles. The number of nitrogens with one attached hydrogen (secondary N) is 2. The van der Waals surface area contributed by atoms with Crippen molar-refractivity contribution in [2.45, 2.75) is 287 Å². The fraction of sp³-hybridized carbons (Fsp3) is 0.962. The summed E-state index contributed by atoms with van der Waals surface area (Å²) in [6.45, 7) is 3.22. The molecule has 0 aromatic heterocycles. The van der Waals surface area contributed by atoms with Gasteiger partial charge in [0, 0.05) is 13.8 Å². The fourth-order valence-electron chi connectivity index (χ4n) is 12.0. The van der Waals surface area contributed by atoms with E-state index >= 15 is 0 Å². The Bertz CT molecular complexity index is 2300. The second-order valence-electron chi connectivity index (χ2n) is 23.8. The van der Waals surface area contributed by atoms with Crippen molar-refractivity contribution in [2.75, 3.05) is 26.4 Å². The molecule has 2 amide bonds. The Labute approximate surface area is 517 Å². The van der Waals surface area contributed by atoms with Crippen molar-refractivity contribution in [1.82, 2.24) is 10.6 Å². The van der Waals surface area contributed by atoms with Crippen LogP contribution in [0.15, 0.2) is 0 Å². The first-order valence-electron chi connectivity index (χ1n) is 29.6. The van der Waals surface area contributed by atoms with Crippen molar-refractivity contribution >= 4 is 11.8 Å². The molecule has 0 unspecified atom stereocenters. The van der Waals surface area contributed by atoms with Crippen LogP contribution >= 0.6 is 0 Å². The third-order valence-corrected chi connectivity index (χ3v) is 17.3. The topological polar surface area (TPSA) is 601 Å². The molecule has 8 fully saturated rings. The van der Waals surface area contributed by atoms with E-state index < -0.39 is 284 Å². The van der Waals surface area contributed by atoms with E-state index in [1.165, 1.54) is 27.7 Å². The van der Waals surface area contributed by atoms with Gasteiger partial charge in [0.25, 0.3) is 0 Å². The van der Waals surface area contributed by atoms with Crippen molar-refractivity contribution < 1.29 is 183 Å². The Kier molecular flexibility index (Phi) is 25.6. The Hall–Kier alpha value is -2.46. The van der Waals surface area contributed by atoms with Crippen LogP contribution in [0.1, 0.15) is 41.5 Å². The lowest BCUT2D eigenvalue weighted by molar-refractivity contribution is -0.398. The van der Waals surface area contributed by atoms with Gasteiger partial charge in [-0.3, -0.25) is 9.59 Å². The molecule has 8 rings (SSSR count). The van der Waals surface area contributed by atoms with Crippen LogP contribution in [0.5, 0.6) is 0 Å². The minimum atomic E-state index is -2.24. The average molecular weight is 1330 g/mol. The van der Waals surface area contributed by atoms with Gasteiger partial charge in [-0.2, -0.15) is 0 Å². The molecule has 528 valence electrons. The van der Waals surface area contributed by atoms with Crippen molar-refractivity contribution in [1.29, 1.82) is 0 Å². The molecule has 0 radical (unpaired) electrons. The van der Waals surface area contributed by atoms with Gasteiger partial charge in [-0.05, 0) is 27.7 Å². The zero-order valence-corrected chi connectivity index (χ0v) is 49.8. The maximum absolute atomic E-state index is 13.0. The molecule has 39 heteroatoms. The molecule has 8 saturated heterocycles. The summed E-state index contributed by atoms with van der Waals surface area (Å²) in [4.78, 5) is 25.7. The lowest BCUT2D eigenvalue weighted by atomic mass is 9.94. The molecular formula is C52H88N2O37. The van der Waals surface area contributed by atoms with Crippen LogP contribution in [0.2, 0.25) is 0 Å². The highest BCUT2D eigenvalue weighted by molar-refractivity contribution is 5.73. The molecule has 0 aromatic rings. The van der Waals surface area contributed by atoms with Gasteiger partial charge in [-0.1, -0.05) is 0 Å². The van der Waals surface area contributed by atoms with Gasteiger partial charge in [0.15, 0.2) is 50.3 Å². The Morgan fingerprint density at radius 3 is 0.934 bits per heavy atom. The summed E-state index contributed by atoms with van der Waals surface area (Å²) in [5.41, 5.74) is 0. The Balaban J connectivity index is 1.02. The van der Waals surface area contributed by atoms with Crippen molar-refractivity contribution in [3.63, 3.8) is 0 Å². The number of ether oxygens (including phenoxy) is 15. The first-order chi connectivity index (χ1) is 42.9. The summed E-state index contributed by atoms with van der Waals surface area (Å²) in [6, 6.07) is -3.51. The van der Waals surface area contributed by atoms with E-state index in [-0.39, 0.29) is 0 Å². The predicted molar refractivity (Wildman–Crippen MR) is 282 cm³/mol. The van der Waals surface area contributed by atoms with Gasteiger partial charge < -0.3 is 184 Å². The Morgan fingerprint density at radius 1 is 0.286 bits per heavy atom. The molecule has 0 aromatic carbocycles. The van der Waals surface area contributed by atoms with Gasteiger partial charge in [-0.15, -0.1) is 0 Å². The SMILES string of the molecule is CC(=O)N[C@H]1[C@@H](O[C@@H]2[C@@H](O)[C@H](C)O[C@@H](O[C@@H]3[C@@H](O)[C@H](C)O[C@@H](O[C@H]4[C@@H](O[C@H]5[C@H](O)[C@@H](CO)O[C@H](O[C@@H]6[C@@H](O)[C@H](C)O[C@@H](O)[C@@H]6O)[C@@H]5NC(C)=O)O[C@H](CO)[C@H](O)[C@@H]4O)[C@@H]3O)[C@@H]2O)O[C@H](CO)[C@@H](O)[C@@H]1O[C@H]1O[C@H](CO)[C@H](O)[C@H](O)[C@H]1O[C@@H]1O[C@@H](C)[C@H](O)[C@@H](O)[C@H]1O. The number of carbonyl (C=O) groups is 2. The van der Waals surface area contributed by atoms with Gasteiger partial charge in [-0.25, -0.2) is 0 Å². The summed E-state index contributed by atoms with van der Waals surface area (Å²) in [7, 11) is 0. The van der Waals surface area contributed by atoms with Gasteiger partial charge in [0.1, 0.15) is 171 Å². The largest absolute Gasteiger partial charge is 0.394 e. The highest BCUT2D eigenvalue weighted by Gasteiger charge is 2.60. The monoisotopic (exact) mass is 1330 g/mol. The number of aliphatic hydroxyl groups is 20. The first-order valence-corrected chi connectivity index (χ1v) is 29.6. The van der Waals surface area contributed by atoms with E-state index in [1.807, 2.05) is 0 Å². The molecule has 39 nitrogen and oxygen atoms in total. The summed E-state index contributed by atoms with van der Waals surface area (Å²) in [5.74, 6) is -1.69. The van der Waals surface area contributed by atoms with E-state index in [9.17, 15) is 112 Å². The van der Waals surface area contributed by atoms with E-state index in [0.717, 1.165) is 13.8 Å². The molecular weight excluding hydrogens is 1240 g/mol. The number of amides is 2. The molecule has 22 N–H and O–H groups in total. The van der Waals surface area contributed by atoms with E-state index in [4.69, 9.17) is 71.1 Å². The second-order valence-corrected chi connectivity index (χ2v) is 23.8. The lowest BCUT2D eigenvalue weighted by Crippen LogP contribution is -2.70. The number of aliphatic hydroxyl groups excluding tert-OH is 20. The van der Waals surface area contributed by atoms with E-state index in [0.29, 0.717) is 0 Å². The molecule has 0 spiro atoms. The first kappa shape index (κ1) is 74.3. The normalized spacial score (nSPS) is 52.5. The van der Waals surface area contributed by atoms with Crippen molar-refractivity contribution in [3.8, 4) is 0 Å². The zero-order chi connectivity index (χ0) is 67.1. The van der Waals surface area contributed by atoms with Gasteiger partial charge >= 0.3 is 0 Å². The molecule has 8 aliphatic heterocycles. The van der Waals surface area contributed by atoms with Crippen LogP contribution < -0.4 is 10.6 Å². The van der Waals surface area contributed by atoms with Crippen LogP contribution in [0.25, 0.3) is 0 Å². The summed E-state index contributed by atoms with van der Waals surface area (Å²) < 4.78 is 87.9. The second kappa shape index (κ2) is 31.4. The van der Waals surface area contributed by atoms with Crippen LogP contribution in [0.3, 0.4) is 0 Å². The van der Waals surface area contributed by atoms with E-state index in [1.54, 1.807) is 0 Å². The summed E-state index contributed by atoms with van der Waals surface area (Å²) in [5, 5.41) is 225. The molecule has 91 heavy (non-hydrogen) atoms. The Morgan fingerprint density at radius 2 is 0.571 bits per heavy atom. The molecule has 0 saturated carbocycles. The molecule has 40 atom stereocenters. The number of rotatable bonds is 20. The quantitative estimate of drug-likeness (QED) is 0.0538. The number of carbonyl (C=O) groups excluding carboxylic acids is 2. The minimum absolute atomic E-state index is 0.825. The van der Waals surface area contributed by atoms with Crippen LogP contribution in [0.4, 0.5) is 0 Å². The number of hydrogen-bond donors (Lipinski definition) is 22. The standard InChI is InChI=1S/C52H88N2O37/c1-11-23(61)31(69)34(72)48(78-11)90-43-32(70)27(65)17(7-55)83-51(43)85-39-22(54-16(6)60)47(82-20(10-58)30(39)68)88-41-25(63)13(3)79-49(36(41)74)89-42-26(64)14(4)80-50(37(42)75)91-44-33(71)28(66)18(8-56)84-52(44)86-38-21(53-15(5)59)46(81-19(9-57)29(38)67)87-40-24(62)12(2)77-45(76)35(40)73/h11-14,17-52,55-58,61-76H,7-10H2,1-6H3,(H,53,59)(H,54,60)/t11-,12-,13-,14-,17+,18+,19+,20+,21+,22+,23-,24-,25-,26-,27-,28-,29+,30+,31+,32-,33-,34+,35+,36+,37+,38+,39+,40+,41+,42+,43+,44+,45+,46+,47+,48-,49-,50-,51+,52+/m0/s1.